The second-order valence-corrected chi connectivity index (χ2v) is 8.48. The van der Waals surface area contributed by atoms with Gasteiger partial charge in [-0.15, -0.1) is 11.3 Å². The van der Waals surface area contributed by atoms with Crippen LogP contribution in [0.5, 0.6) is 0 Å². The van der Waals surface area contributed by atoms with Crippen molar-refractivity contribution < 1.29 is 9.53 Å². The van der Waals surface area contributed by atoms with Crippen molar-refractivity contribution in [2.45, 2.75) is 6.92 Å². The number of benzene rings is 2. The Bertz CT molecular complexity index is 1070. The van der Waals surface area contributed by atoms with Crippen LogP contribution in [0, 0.1) is 0 Å². The lowest BCUT2D eigenvalue weighted by atomic mass is 10.3. The van der Waals surface area contributed by atoms with Crippen LogP contribution in [0.1, 0.15) is 16.6 Å². The summed E-state index contributed by atoms with van der Waals surface area (Å²) in [6.45, 7) is 2.10. The van der Waals surface area contributed by atoms with Gasteiger partial charge in [-0.3, -0.25) is 0 Å². The zero-order chi connectivity index (χ0) is 18.8. The number of aromatic nitrogens is 2. The van der Waals surface area contributed by atoms with Crippen molar-refractivity contribution in [1.29, 1.82) is 0 Å². The van der Waals surface area contributed by atoms with Gasteiger partial charge in [-0.05, 0) is 43.3 Å². The van der Waals surface area contributed by atoms with Gasteiger partial charge in [0.2, 0.25) is 0 Å². The van der Waals surface area contributed by atoms with E-state index in [-0.39, 0.29) is 5.97 Å². The number of carbonyl (C=O) groups excluding carboxylic acids is 1. The number of rotatable bonds is 5. The molecule has 0 amide bonds. The van der Waals surface area contributed by atoms with Crippen LogP contribution in [0.2, 0.25) is 0 Å². The summed E-state index contributed by atoms with van der Waals surface area (Å²) in [4.78, 5) is 22.2. The summed E-state index contributed by atoms with van der Waals surface area (Å²) in [5.74, 6) is -0.381. The SMILES string of the molecule is CCOC(=O)c1sc(Nc2ccc(Br)cc2)nc1-c1nc2ccccc2s1. The summed E-state index contributed by atoms with van der Waals surface area (Å²) in [6.07, 6.45) is 0. The number of hydrogen-bond donors (Lipinski definition) is 1. The Hall–Kier alpha value is -2.29. The molecule has 8 heteroatoms. The van der Waals surface area contributed by atoms with Gasteiger partial charge in [0.1, 0.15) is 15.6 Å². The first-order valence-electron chi connectivity index (χ1n) is 8.20. The van der Waals surface area contributed by atoms with Crippen molar-refractivity contribution in [3.05, 3.63) is 57.9 Å². The standard InChI is InChI=1S/C19H14BrN3O2S2/c1-2-25-18(24)16-15(17-22-13-5-3-4-6-14(13)26-17)23-19(27-16)21-12-9-7-11(20)8-10-12/h3-10H,2H2,1H3,(H,21,23). The van der Waals surface area contributed by atoms with Crippen LogP contribution in [-0.4, -0.2) is 22.5 Å². The molecule has 0 aliphatic rings. The van der Waals surface area contributed by atoms with Crippen molar-refractivity contribution in [3.63, 3.8) is 0 Å². The number of para-hydroxylation sites is 1. The summed E-state index contributed by atoms with van der Waals surface area (Å²) in [7, 11) is 0. The van der Waals surface area contributed by atoms with E-state index in [4.69, 9.17) is 4.74 Å². The Morgan fingerprint density at radius 2 is 1.89 bits per heavy atom. The maximum Gasteiger partial charge on any atom is 0.350 e. The van der Waals surface area contributed by atoms with E-state index < -0.39 is 0 Å². The number of ether oxygens (including phenoxy) is 1. The molecule has 2 aromatic heterocycles. The Labute approximate surface area is 172 Å². The summed E-state index contributed by atoms with van der Waals surface area (Å²) in [5, 5.41) is 4.58. The van der Waals surface area contributed by atoms with Crippen molar-refractivity contribution in [1.82, 2.24) is 9.97 Å². The Balaban J connectivity index is 1.75. The molecule has 136 valence electrons. The molecular formula is C19H14BrN3O2S2. The predicted molar refractivity (Wildman–Crippen MR) is 114 cm³/mol. The number of nitrogens with zero attached hydrogens (tertiary/aromatic N) is 2. The maximum atomic E-state index is 12.5. The monoisotopic (exact) mass is 459 g/mol. The van der Waals surface area contributed by atoms with E-state index >= 15 is 0 Å². The normalized spacial score (nSPS) is 10.9. The molecule has 4 rings (SSSR count). The van der Waals surface area contributed by atoms with Crippen molar-refractivity contribution in [3.8, 4) is 10.7 Å². The second-order valence-electron chi connectivity index (χ2n) is 5.54. The van der Waals surface area contributed by atoms with Crippen LogP contribution in [0.15, 0.2) is 53.0 Å². The quantitative estimate of drug-likeness (QED) is 0.365. The molecule has 0 fully saturated rings. The highest BCUT2D eigenvalue weighted by molar-refractivity contribution is 9.10. The van der Waals surface area contributed by atoms with Crippen LogP contribution in [0.4, 0.5) is 10.8 Å². The van der Waals surface area contributed by atoms with E-state index in [1.54, 1.807) is 6.92 Å². The maximum absolute atomic E-state index is 12.5. The lowest BCUT2D eigenvalue weighted by molar-refractivity contribution is 0.0532. The number of esters is 1. The molecule has 2 heterocycles. The van der Waals surface area contributed by atoms with E-state index in [9.17, 15) is 4.79 Å². The third kappa shape index (κ3) is 3.87. The fraction of sp³-hybridized carbons (Fsp3) is 0.105. The Morgan fingerprint density at radius 1 is 1.11 bits per heavy atom. The molecule has 0 unspecified atom stereocenters. The number of fused-ring (bicyclic) bond motifs is 1. The molecule has 0 aliphatic heterocycles. The van der Waals surface area contributed by atoms with Crippen LogP contribution >= 0.6 is 38.6 Å². The molecular weight excluding hydrogens is 446 g/mol. The van der Waals surface area contributed by atoms with Crippen LogP contribution in [0.25, 0.3) is 20.9 Å². The molecule has 27 heavy (non-hydrogen) atoms. The lowest BCUT2D eigenvalue weighted by Crippen LogP contribution is -2.03. The van der Waals surface area contributed by atoms with Crippen LogP contribution in [-0.2, 0) is 4.74 Å². The van der Waals surface area contributed by atoms with Gasteiger partial charge in [0.25, 0.3) is 0 Å². The highest BCUT2D eigenvalue weighted by Crippen LogP contribution is 2.37. The Kier molecular flexibility index (Phi) is 5.20. The van der Waals surface area contributed by atoms with Gasteiger partial charge in [-0.25, -0.2) is 14.8 Å². The molecule has 0 atom stereocenters. The minimum atomic E-state index is -0.381. The lowest BCUT2D eigenvalue weighted by Gasteiger charge is -2.01. The summed E-state index contributed by atoms with van der Waals surface area (Å²) < 4.78 is 7.27. The van der Waals surface area contributed by atoms with Gasteiger partial charge in [-0.2, -0.15) is 0 Å². The number of carbonyl (C=O) groups is 1. The minimum absolute atomic E-state index is 0.311. The zero-order valence-corrected chi connectivity index (χ0v) is 17.5. The molecule has 2 aromatic carbocycles. The van der Waals surface area contributed by atoms with E-state index in [1.165, 1.54) is 22.7 Å². The van der Waals surface area contributed by atoms with Crippen LogP contribution < -0.4 is 5.32 Å². The number of hydrogen-bond acceptors (Lipinski definition) is 7. The first kappa shape index (κ1) is 18.1. The molecule has 0 bridgehead atoms. The van der Waals surface area contributed by atoms with E-state index in [1.807, 2.05) is 48.5 Å². The number of nitrogens with one attached hydrogen (secondary N) is 1. The van der Waals surface area contributed by atoms with Gasteiger partial charge in [0, 0.05) is 10.2 Å². The highest BCUT2D eigenvalue weighted by atomic mass is 79.9. The number of halogens is 1. The molecule has 0 radical (unpaired) electrons. The summed E-state index contributed by atoms with van der Waals surface area (Å²) in [5.41, 5.74) is 2.33. The van der Waals surface area contributed by atoms with Crippen molar-refractivity contribution in [2.75, 3.05) is 11.9 Å². The fourth-order valence-corrected chi connectivity index (χ4v) is 4.65. The fourth-order valence-electron chi connectivity index (χ4n) is 2.48. The van der Waals surface area contributed by atoms with Gasteiger partial charge < -0.3 is 10.1 Å². The van der Waals surface area contributed by atoms with Crippen molar-refractivity contribution in [2.24, 2.45) is 0 Å². The second kappa shape index (κ2) is 7.75. The molecule has 0 aliphatic carbocycles. The Morgan fingerprint density at radius 3 is 2.63 bits per heavy atom. The first-order valence-corrected chi connectivity index (χ1v) is 10.6. The number of thiazole rings is 2. The topological polar surface area (TPSA) is 64.1 Å². The smallest absolute Gasteiger partial charge is 0.350 e. The first-order chi connectivity index (χ1) is 13.1. The third-order valence-corrected chi connectivity index (χ3v) is 6.20. The molecule has 0 saturated heterocycles. The van der Waals surface area contributed by atoms with Gasteiger partial charge in [-0.1, -0.05) is 39.4 Å². The van der Waals surface area contributed by atoms with E-state index in [2.05, 4.69) is 31.2 Å². The highest BCUT2D eigenvalue weighted by Gasteiger charge is 2.23. The van der Waals surface area contributed by atoms with Crippen molar-refractivity contribution >= 4 is 65.6 Å². The van der Waals surface area contributed by atoms with Gasteiger partial charge in [0.05, 0.1) is 16.8 Å². The average Bonchev–Trinajstić information content (AvgIpc) is 3.27. The molecule has 0 saturated carbocycles. The van der Waals surface area contributed by atoms with E-state index in [0.717, 1.165) is 20.4 Å². The molecule has 5 nitrogen and oxygen atoms in total. The van der Waals surface area contributed by atoms with E-state index in [0.29, 0.717) is 27.3 Å². The van der Waals surface area contributed by atoms with Crippen LogP contribution in [0.3, 0.4) is 0 Å². The number of anilines is 2. The predicted octanol–water partition coefficient (Wildman–Crippen LogP) is 6.10. The summed E-state index contributed by atoms with van der Waals surface area (Å²) in [6, 6.07) is 15.6. The molecule has 0 spiro atoms. The summed E-state index contributed by atoms with van der Waals surface area (Å²) >= 11 is 6.20. The minimum Gasteiger partial charge on any atom is -0.462 e. The average molecular weight is 460 g/mol. The third-order valence-electron chi connectivity index (χ3n) is 3.68. The van der Waals surface area contributed by atoms with Gasteiger partial charge >= 0.3 is 5.97 Å². The largest absolute Gasteiger partial charge is 0.462 e. The molecule has 1 N–H and O–H groups in total. The van der Waals surface area contributed by atoms with Gasteiger partial charge in [0.15, 0.2) is 5.13 Å². The molecule has 4 aromatic rings. The zero-order valence-electron chi connectivity index (χ0n) is 14.2.